The third-order valence-electron chi connectivity index (χ3n) is 3.78. The molecule has 0 saturated carbocycles. The van der Waals surface area contributed by atoms with E-state index in [0.29, 0.717) is 11.9 Å². The van der Waals surface area contributed by atoms with Crippen molar-refractivity contribution in [3.8, 4) is 0 Å². The zero-order valence-electron chi connectivity index (χ0n) is 10.7. The van der Waals surface area contributed by atoms with Gasteiger partial charge in [-0.3, -0.25) is 0 Å². The van der Waals surface area contributed by atoms with Crippen molar-refractivity contribution >= 4 is 44.6 Å². The highest BCUT2D eigenvalue weighted by molar-refractivity contribution is 9.10. The second kappa shape index (κ2) is 5.47. The summed E-state index contributed by atoms with van der Waals surface area (Å²) in [6.45, 7) is 3.35. The van der Waals surface area contributed by atoms with E-state index in [4.69, 9.17) is 11.6 Å². The number of benzene rings is 1. The molecular weight excluding hydrogens is 342 g/mol. The molecule has 1 aromatic heterocycles. The molecule has 1 aliphatic heterocycles. The maximum atomic E-state index is 6.09. The van der Waals surface area contributed by atoms with Crippen LogP contribution >= 0.6 is 38.9 Å². The number of thiophene rings is 1. The summed E-state index contributed by atoms with van der Waals surface area (Å²) < 4.78 is 1.11. The molecule has 0 spiro atoms. The van der Waals surface area contributed by atoms with Crippen molar-refractivity contribution in [2.45, 2.75) is 25.3 Å². The molecular formula is C15H15BrClNS. The topological polar surface area (TPSA) is 3.24 Å². The summed E-state index contributed by atoms with van der Waals surface area (Å²) in [7, 11) is 0. The number of hydrogen-bond acceptors (Lipinski definition) is 2. The molecule has 0 saturated heterocycles. The zero-order chi connectivity index (χ0) is 13.4. The Bertz CT molecular complexity index is 596. The van der Waals surface area contributed by atoms with Crippen molar-refractivity contribution < 1.29 is 0 Å². The van der Waals surface area contributed by atoms with E-state index in [0.717, 1.165) is 17.4 Å². The minimum Gasteiger partial charge on any atom is -0.364 e. The molecule has 2 heterocycles. The molecule has 0 bridgehead atoms. The molecule has 0 radical (unpaired) electrons. The number of fused-ring (bicyclic) bond motifs is 1. The first-order chi connectivity index (χ1) is 9.20. The Labute approximate surface area is 131 Å². The quantitative estimate of drug-likeness (QED) is 0.654. The van der Waals surface area contributed by atoms with Crippen molar-refractivity contribution in [1.29, 1.82) is 0 Å². The van der Waals surface area contributed by atoms with Crippen LogP contribution in [0.25, 0.3) is 0 Å². The van der Waals surface area contributed by atoms with E-state index in [1.54, 1.807) is 0 Å². The fourth-order valence-corrected chi connectivity index (χ4v) is 4.29. The second-order valence-electron chi connectivity index (χ2n) is 4.83. The molecule has 2 aromatic rings. The van der Waals surface area contributed by atoms with Gasteiger partial charge in [-0.25, -0.2) is 0 Å². The first kappa shape index (κ1) is 13.5. The van der Waals surface area contributed by atoms with Gasteiger partial charge in [0.2, 0.25) is 0 Å². The van der Waals surface area contributed by atoms with Gasteiger partial charge in [0, 0.05) is 27.5 Å². The van der Waals surface area contributed by atoms with Crippen LogP contribution in [0.3, 0.4) is 0 Å². The number of halogens is 2. The summed E-state index contributed by atoms with van der Waals surface area (Å²) in [5, 5.41) is 2.20. The Morgan fingerprint density at radius 1 is 1.42 bits per heavy atom. The second-order valence-corrected chi connectivity index (χ2v) is 7.01. The molecule has 0 aliphatic carbocycles. The van der Waals surface area contributed by atoms with E-state index >= 15 is 0 Å². The van der Waals surface area contributed by atoms with E-state index in [2.05, 4.69) is 57.4 Å². The number of rotatable bonds is 2. The van der Waals surface area contributed by atoms with Gasteiger partial charge in [-0.05, 0) is 48.1 Å². The highest BCUT2D eigenvalue weighted by Crippen LogP contribution is 2.38. The van der Waals surface area contributed by atoms with Crippen molar-refractivity contribution in [3.05, 3.63) is 50.1 Å². The molecule has 19 heavy (non-hydrogen) atoms. The number of alkyl halides is 1. The molecule has 1 nitrogen and oxygen atoms in total. The summed E-state index contributed by atoms with van der Waals surface area (Å²) in [5.41, 5.74) is 3.93. The molecule has 0 N–H and O–H groups in total. The molecule has 100 valence electrons. The van der Waals surface area contributed by atoms with Gasteiger partial charge >= 0.3 is 0 Å². The lowest BCUT2D eigenvalue weighted by molar-refractivity contribution is 0.631. The van der Waals surface area contributed by atoms with Crippen LogP contribution in [-0.2, 0) is 12.3 Å². The number of nitrogens with zero attached hydrogens (tertiary/aromatic N) is 1. The maximum Gasteiger partial charge on any atom is 0.0525 e. The van der Waals surface area contributed by atoms with Gasteiger partial charge in [0.05, 0.1) is 6.04 Å². The van der Waals surface area contributed by atoms with Gasteiger partial charge in [0.1, 0.15) is 0 Å². The predicted molar refractivity (Wildman–Crippen MR) is 87.5 cm³/mol. The summed E-state index contributed by atoms with van der Waals surface area (Å²) in [6.07, 6.45) is 1.13. The van der Waals surface area contributed by atoms with Crippen molar-refractivity contribution in [2.75, 3.05) is 11.4 Å². The van der Waals surface area contributed by atoms with Crippen molar-refractivity contribution in [2.24, 2.45) is 0 Å². The third kappa shape index (κ3) is 2.44. The SMILES string of the molecule is CC1c2ccsc2CCN1c1cc(Br)ccc1CCl. The average Bonchev–Trinajstić information content (AvgIpc) is 2.88. The van der Waals surface area contributed by atoms with Crippen LogP contribution in [0.1, 0.15) is 29.0 Å². The van der Waals surface area contributed by atoms with E-state index < -0.39 is 0 Å². The molecule has 1 aliphatic rings. The first-order valence-corrected chi connectivity index (χ1v) is 8.58. The van der Waals surface area contributed by atoms with Gasteiger partial charge in [0.15, 0.2) is 0 Å². The van der Waals surface area contributed by atoms with Crippen LogP contribution in [0, 0.1) is 0 Å². The van der Waals surface area contributed by atoms with Crippen molar-refractivity contribution in [3.63, 3.8) is 0 Å². The molecule has 3 rings (SSSR count). The summed E-state index contributed by atoms with van der Waals surface area (Å²) in [5.74, 6) is 0.558. The smallest absolute Gasteiger partial charge is 0.0525 e. The highest BCUT2D eigenvalue weighted by atomic mass is 79.9. The van der Waals surface area contributed by atoms with E-state index in [1.165, 1.54) is 21.7 Å². The minimum absolute atomic E-state index is 0.422. The highest BCUT2D eigenvalue weighted by Gasteiger charge is 2.26. The summed E-state index contributed by atoms with van der Waals surface area (Å²) >= 11 is 11.5. The van der Waals surface area contributed by atoms with Crippen LogP contribution in [0.2, 0.25) is 0 Å². The third-order valence-corrected chi connectivity index (χ3v) is 5.56. The largest absolute Gasteiger partial charge is 0.364 e. The summed E-state index contributed by atoms with van der Waals surface area (Å²) in [6, 6.07) is 9.04. The van der Waals surface area contributed by atoms with Crippen LogP contribution in [-0.4, -0.2) is 6.54 Å². The Balaban J connectivity index is 2.02. The Hall–Kier alpha value is -0.510. The fraction of sp³-hybridized carbons (Fsp3) is 0.333. The van der Waals surface area contributed by atoms with Gasteiger partial charge in [0.25, 0.3) is 0 Å². The molecule has 4 heteroatoms. The lowest BCUT2D eigenvalue weighted by Crippen LogP contribution is -2.33. The Morgan fingerprint density at radius 3 is 3.05 bits per heavy atom. The zero-order valence-corrected chi connectivity index (χ0v) is 13.9. The fourth-order valence-electron chi connectivity index (χ4n) is 2.76. The normalized spacial score (nSPS) is 18.5. The van der Waals surface area contributed by atoms with Crippen LogP contribution in [0.4, 0.5) is 5.69 Å². The lowest BCUT2D eigenvalue weighted by atomic mass is 9.99. The van der Waals surface area contributed by atoms with Gasteiger partial charge < -0.3 is 4.90 Å². The maximum absolute atomic E-state index is 6.09. The minimum atomic E-state index is 0.422. The van der Waals surface area contributed by atoms with Gasteiger partial charge in [-0.15, -0.1) is 22.9 Å². The standard InChI is InChI=1S/C15H15BrClNS/c1-10-13-5-7-19-15(13)4-6-18(10)14-8-12(16)3-2-11(14)9-17/h2-3,5,7-8,10H,4,6,9H2,1H3. The molecule has 0 amide bonds. The Kier molecular flexibility index (Phi) is 3.88. The number of anilines is 1. The molecule has 1 unspecified atom stereocenters. The predicted octanol–water partition coefficient (Wildman–Crippen LogP) is 5.37. The van der Waals surface area contributed by atoms with E-state index in [1.807, 2.05) is 11.3 Å². The van der Waals surface area contributed by atoms with E-state index in [9.17, 15) is 0 Å². The van der Waals surface area contributed by atoms with Crippen LogP contribution in [0.5, 0.6) is 0 Å². The molecule has 1 aromatic carbocycles. The van der Waals surface area contributed by atoms with Gasteiger partial charge in [-0.2, -0.15) is 0 Å². The molecule has 1 atom stereocenters. The summed E-state index contributed by atoms with van der Waals surface area (Å²) in [4.78, 5) is 4.00. The first-order valence-electron chi connectivity index (χ1n) is 6.38. The van der Waals surface area contributed by atoms with Crippen LogP contribution in [0.15, 0.2) is 34.1 Å². The Morgan fingerprint density at radius 2 is 2.26 bits per heavy atom. The van der Waals surface area contributed by atoms with Crippen molar-refractivity contribution in [1.82, 2.24) is 0 Å². The average molecular weight is 357 g/mol. The molecule has 0 fully saturated rings. The number of hydrogen-bond donors (Lipinski definition) is 0. The lowest BCUT2D eigenvalue weighted by Gasteiger charge is -2.36. The monoisotopic (exact) mass is 355 g/mol. The van der Waals surface area contributed by atoms with Crippen LogP contribution < -0.4 is 4.90 Å². The van der Waals surface area contributed by atoms with E-state index in [-0.39, 0.29) is 0 Å². The van der Waals surface area contributed by atoms with Gasteiger partial charge in [-0.1, -0.05) is 22.0 Å².